The van der Waals surface area contributed by atoms with Crippen molar-refractivity contribution in [3.63, 3.8) is 0 Å². The number of hydrogen-bond acceptors (Lipinski definition) is 3. The smallest absolute Gasteiger partial charge is 0.0825 e. The van der Waals surface area contributed by atoms with Crippen molar-refractivity contribution < 1.29 is 5.11 Å². The molecular formula is C9H13ClN2O. The summed E-state index contributed by atoms with van der Waals surface area (Å²) in [6.45, 7) is 0. The number of aromatic nitrogens is 1. The molecule has 1 atom stereocenters. The summed E-state index contributed by atoms with van der Waals surface area (Å²) in [5, 5.41) is 9.65. The van der Waals surface area contributed by atoms with E-state index in [0.29, 0.717) is 23.6 Å². The van der Waals surface area contributed by atoms with Crippen molar-refractivity contribution in [3.05, 3.63) is 24.0 Å². The predicted octanol–water partition coefficient (Wildman–Crippen LogP) is 1.72. The third-order valence-corrected chi connectivity index (χ3v) is 2.12. The van der Waals surface area contributed by atoms with E-state index in [9.17, 15) is 5.11 Å². The SMILES string of the molecule is Nc1ccncc1C(O)CCCCl. The highest BCUT2D eigenvalue weighted by molar-refractivity contribution is 6.17. The van der Waals surface area contributed by atoms with Gasteiger partial charge in [-0.25, -0.2) is 0 Å². The molecule has 0 bridgehead atoms. The molecule has 0 aliphatic heterocycles. The van der Waals surface area contributed by atoms with Crippen LogP contribution in [0.5, 0.6) is 0 Å². The summed E-state index contributed by atoms with van der Waals surface area (Å²) < 4.78 is 0. The van der Waals surface area contributed by atoms with Gasteiger partial charge in [-0.3, -0.25) is 4.98 Å². The Morgan fingerprint density at radius 2 is 2.38 bits per heavy atom. The van der Waals surface area contributed by atoms with Crippen LogP contribution in [-0.2, 0) is 0 Å². The molecule has 3 nitrogen and oxygen atoms in total. The van der Waals surface area contributed by atoms with Crippen molar-refractivity contribution >= 4 is 17.3 Å². The number of halogens is 1. The van der Waals surface area contributed by atoms with E-state index in [1.54, 1.807) is 18.5 Å². The van der Waals surface area contributed by atoms with Gasteiger partial charge in [-0.2, -0.15) is 0 Å². The standard InChI is InChI=1S/C9H13ClN2O/c10-4-1-2-9(13)7-6-12-5-3-8(7)11/h3,5-6,9,13H,1-2,4H2,(H2,11,12). The minimum Gasteiger partial charge on any atom is -0.398 e. The molecule has 0 aliphatic rings. The van der Waals surface area contributed by atoms with Crippen molar-refractivity contribution in [1.29, 1.82) is 0 Å². The molecule has 1 unspecified atom stereocenters. The molecule has 1 heterocycles. The first-order chi connectivity index (χ1) is 6.25. The van der Waals surface area contributed by atoms with Crippen LogP contribution in [0.1, 0.15) is 24.5 Å². The molecule has 13 heavy (non-hydrogen) atoms. The zero-order valence-electron chi connectivity index (χ0n) is 7.28. The molecule has 0 saturated heterocycles. The van der Waals surface area contributed by atoms with Crippen molar-refractivity contribution in [2.45, 2.75) is 18.9 Å². The quantitative estimate of drug-likeness (QED) is 0.728. The summed E-state index contributed by atoms with van der Waals surface area (Å²) >= 11 is 5.51. The molecule has 0 saturated carbocycles. The fourth-order valence-corrected chi connectivity index (χ4v) is 1.28. The molecule has 0 aliphatic carbocycles. The van der Waals surface area contributed by atoms with E-state index in [2.05, 4.69) is 4.98 Å². The summed E-state index contributed by atoms with van der Waals surface area (Å²) in [6.07, 6.45) is 4.05. The molecule has 3 N–H and O–H groups in total. The van der Waals surface area contributed by atoms with E-state index >= 15 is 0 Å². The summed E-state index contributed by atoms with van der Waals surface area (Å²) in [5.74, 6) is 0.553. The second kappa shape index (κ2) is 5.04. The van der Waals surface area contributed by atoms with Crippen molar-refractivity contribution in [3.8, 4) is 0 Å². The fraction of sp³-hybridized carbons (Fsp3) is 0.444. The van der Waals surface area contributed by atoms with Gasteiger partial charge in [0.15, 0.2) is 0 Å². The van der Waals surface area contributed by atoms with Gasteiger partial charge < -0.3 is 10.8 Å². The van der Waals surface area contributed by atoms with E-state index in [1.165, 1.54) is 0 Å². The third kappa shape index (κ3) is 2.86. The largest absolute Gasteiger partial charge is 0.398 e. The van der Waals surface area contributed by atoms with Gasteiger partial charge in [0.25, 0.3) is 0 Å². The Labute approximate surface area is 82.5 Å². The number of rotatable bonds is 4. The minimum absolute atomic E-state index is 0.549. The van der Waals surface area contributed by atoms with Crippen LogP contribution in [-0.4, -0.2) is 16.0 Å². The van der Waals surface area contributed by atoms with E-state index in [1.807, 2.05) is 0 Å². The molecule has 0 aromatic carbocycles. The lowest BCUT2D eigenvalue weighted by Gasteiger charge is -2.11. The van der Waals surface area contributed by atoms with Crippen LogP contribution >= 0.6 is 11.6 Å². The van der Waals surface area contributed by atoms with Crippen molar-refractivity contribution in [2.24, 2.45) is 0 Å². The molecular weight excluding hydrogens is 188 g/mol. The van der Waals surface area contributed by atoms with E-state index in [-0.39, 0.29) is 0 Å². The second-order valence-electron chi connectivity index (χ2n) is 2.85. The maximum absolute atomic E-state index is 9.65. The summed E-state index contributed by atoms with van der Waals surface area (Å²) in [6, 6.07) is 1.68. The number of nitrogens with two attached hydrogens (primary N) is 1. The molecule has 0 amide bonds. The summed E-state index contributed by atoms with van der Waals surface area (Å²) in [5.41, 5.74) is 6.93. The van der Waals surface area contributed by atoms with Gasteiger partial charge in [0, 0.05) is 29.5 Å². The number of aliphatic hydroxyl groups excluding tert-OH is 1. The van der Waals surface area contributed by atoms with Crippen LogP contribution in [0.15, 0.2) is 18.5 Å². The number of aliphatic hydroxyl groups is 1. The Kier molecular flexibility index (Phi) is 3.99. The topological polar surface area (TPSA) is 59.1 Å². The Hall–Kier alpha value is -0.800. The van der Waals surface area contributed by atoms with Crippen LogP contribution in [0.25, 0.3) is 0 Å². The third-order valence-electron chi connectivity index (χ3n) is 1.86. The number of pyridine rings is 1. The van der Waals surface area contributed by atoms with Crippen LogP contribution in [0.2, 0.25) is 0 Å². The second-order valence-corrected chi connectivity index (χ2v) is 3.23. The van der Waals surface area contributed by atoms with Gasteiger partial charge in [-0.1, -0.05) is 0 Å². The van der Waals surface area contributed by atoms with Gasteiger partial charge in [0.1, 0.15) is 0 Å². The molecule has 1 aromatic heterocycles. The maximum atomic E-state index is 9.65. The normalized spacial score (nSPS) is 12.8. The number of nitrogen functional groups attached to an aromatic ring is 1. The lowest BCUT2D eigenvalue weighted by atomic mass is 10.1. The Morgan fingerprint density at radius 3 is 3.00 bits per heavy atom. The first kappa shape index (κ1) is 10.3. The van der Waals surface area contributed by atoms with Gasteiger partial charge in [-0.15, -0.1) is 11.6 Å². The average Bonchev–Trinajstić information content (AvgIpc) is 2.15. The lowest BCUT2D eigenvalue weighted by molar-refractivity contribution is 0.167. The highest BCUT2D eigenvalue weighted by Gasteiger charge is 2.09. The Morgan fingerprint density at radius 1 is 1.62 bits per heavy atom. The average molecular weight is 201 g/mol. The molecule has 1 aromatic rings. The Balaban J connectivity index is 2.65. The van der Waals surface area contributed by atoms with Crippen molar-refractivity contribution in [2.75, 3.05) is 11.6 Å². The van der Waals surface area contributed by atoms with Crippen LogP contribution < -0.4 is 5.73 Å². The molecule has 72 valence electrons. The number of nitrogens with zero attached hydrogens (tertiary/aromatic N) is 1. The van der Waals surface area contributed by atoms with Crippen molar-refractivity contribution in [1.82, 2.24) is 4.98 Å². The van der Waals surface area contributed by atoms with Gasteiger partial charge in [-0.05, 0) is 18.9 Å². The molecule has 0 spiro atoms. The monoisotopic (exact) mass is 200 g/mol. The van der Waals surface area contributed by atoms with Gasteiger partial charge >= 0.3 is 0 Å². The first-order valence-electron chi connectivity index (χ1n) is 4.19. The lowest BCUT2D eigenvalue weighted by Crippen LogP contribution is -2.02. The highest BCUT2D eigenvalue weighted by atomic mass is 35.5. The number of anilines is 1. The van der Waals surface area contributed by atoms with Gasteiger partial charge in [0.05, 0.1) is 6.10 Å². The zero-order valence-corrected chi connectivity index (χ0v) is 8.04. The van der Waals surface area contributed by atoms with Crippen LogP contribution in [0.4, 0.5) is 5.69 Å². The molecule has 0 radical (unpaired) electrons. The summed E-state index contributed by atoms with van der Waals surface area (Å²) in [7, 11) is 0. The zero-order chi connectivity index (χ0) is 9.68. The summed E-state index contributed by atoms with van der Waals surface area (Å²) in [4.78, 5) is 3.90. The number of alkyl halides is 1. The van der Waals surface area contributed by atoms with E-state index in [0.717, 1.165) is 6.42 Å². The number of hydrogen-bond donors (Lipinski definition) is 2. The van der Waals surface area contributed by atoms with Gasteiger partial charge in [0.2, 0.25) is 0 Å². The minimum atomic E-state index is -0.549. The highest BCUT2D eigenvalue weighted by Crippen LogP contribution is 2.22. The maximum Gasteiger partial charge on any atom is 0.0825 e. The van der Waals surface area contributed by atoms with Crippen LogP contribution in [0, 0.1) is 0 Å². The fourth-order valence-electron chi connectivity index (χ4n) is 1.12. The predicted molar refractivity (Wildman–Crippen MR) is 53.6 cm³/mol. The van der Waals surface area contributed by atoms with E-state index in [4.69, 9.17) is 17.3 Å². The first-order valence-corrected chi connectivity index (χ1v) is 4.72. The van der Waals surface area contributed by atoms with E-state index < -0.39 is 6.10 Å². The molecule has 4 heteroatoms. The molecule has 1 rings (SSSR count). The Bertz CT molecular complexity index is 268. The van der Waals surface area contributed by atoms with Crippen LogP contribution in [0.3, 0.4) is 0 Å². The molecule has 0 fully saturated rings.